The SMILES string of the molecule is CC(C)C1C(=O)Nc2cc(C(=O)NC3CCC(N)CC3)ccc2N1C(=O)c1ccc(Cl)c(Cl)c1. The summed E-state index contributed by atoms with van der Waals surface area (Å²) in [6, 6.07) is 9.17. The molecular weight excluding hydrogens is 475 g/mol. The Kier molecular flexibility index (Phi) is 7.17. The van der Waals surface area contributed by atoms with E-state index in [0.29, 0.717) is 27.5 Å². The van der Waals surface area contributed by atoms with Gasteiger partial charge in [0.2, 0.25) is 5.91 Å². The smallest absolute Gasteiger partial charge is 0.259 e. The van der Waals surface area contributed by atoms with Gasteiger partial charge in [-0.3, -0.25) is 19.3 Å². The molecule has 0 spiro atoms. The van der Waals surface area contributed by atoms with Crippen LogP contribution in [-0.2, 0) is 4.79 Å². The molecule has 1 saturated carbocycles. The summed E-state index contributed by atoms with van der Waals surface area (Å²) in [5.41, 5.74) is 7.62. The fourth-order valence-electron chi connectivity index (χ4n) is 4.60. The molecule has 1 fully saturated rings. The van der Waals surface area contributed by atoms with Crippen molar-refractivity contribution in [3.05, 3.63) is 57.6 Å². The van der Waals surface area contributed by atoms with Gasteiger partial charge in [-0.1, -0.05) is 37.0 Å². The summed E-state index contributed by atoms with van der Waals surface area (Å²) in [6.07, 6.45) is 3.45. The lowest BCUT2D eigenvalue weighted by atomic mass is 9.91. The Morgan fingerprint density at radius 3 is 2.35 bits per heavy atom. The molecule has 2 aromatic carbocycles. The van der Waals surface area contributed by atoms with Crippen molar-refractivity contribution in [2.75, 3.05) is 10.2 Å². The Morgan fingerprint density at radius 1 is 1.03 bits per heavy atom. The van der Waals surface area contributed by atoms with Gasteiger partial charge in [0.25, 0.3) is 11.8 Å². The van der Waals surface area contributed by atoms with Gasteiger partial charge < -0.3 is 16.4 Å². The molecule has 3 amide bonds. The minimum Gasteiger partial charge on any atom is -0.349 e. The molecule has 2 aliphatic rings. The first-order valence-electron chi connectivity index (χ1n) is 11.5. The van der Waals surface area contributed by atoms with Crippen LogP contribution >= 0.6 is 23.2 Å². The van der Waals surface area contributed by atoms with E-state index in [-0.39, 0.29) is 40.7 Å². The van der Waals surface area contributed by atoms with Gasteiger partial charge in [-0.15, -0.1) is 0 Å². The highest BCUT2D eigenvalue weighted by molar-refractivity contribution is 6.42. The zero-order valence-electron chi connectivity index (χ0n) is 19.1. The molecule has 1 aliphatic carbocycles. The minimum absolute atomic E-state index is 0.0796. The third-order valence-corrected chi connectivity index (χ3v) is 7.19. The van der Waals surface area contributed by atoms with Crippen LogP contribution in [0.25, 0.3) is 0 Å². The Balaban J connectivity index is 1.65. The lowest BCUT2D eigenvalue weighted by Gasteiger charge is -2.38. The molecule has 1 atom stereocenters. The number of rotatable bonds is 4. The van der Waals surface area contributed by atoms with Crippen molar-refractivity contribution in [1.29, 1.82) is 0 Å². The van der Waals surface area contributed by atoms with E-state index in [1.807, 2.05) is 13.8 Å². The third-order valence-electron chi connectivity index (χ3n) is 6.45. The molecule has 180 valence electrons. The van der Waals surface area contributed by atoms with Crippen LogP contribution in [0.15, 0.2) is 36.4 Å². The van der Waals surface area contributed by atoms with E-state index in [9.17, 15) is 14.4 Å². The summed E-state index contributed by atoms with van der Waals surface area (Å²) < 4.78 is 0. The van der Waals surface area contributed by atoms with E-state index >= 15 is 0 Å². The first-order valence-corrected chi connectivity index (χ1v) is 12.2. The van der Waals surface area contributed by atoms with Crippen molar-refractivity contribution < 1.29 is 14.4 Å². The molecule has 0 bridgehead atoms. The number of carbonyl (C=O) groups is 3. The van der Waals surface area contributed by atoms with E-state index in [1.54, 1.807) is 30.3 Å². The van der Waals surface area contributed by atoms with E-state index < -0.39 is 6.04 Å². The lowest BCUT2D eigenvalue weighted by Crippen LogP contribution is -2.53. The van der Waals surface area contributed by atoms with E-state index in [4.69, 9.17) is 28.9 Å². The van der Waals surface area contributed by atoms with Gasteiger partial charge in [0.05, 0.1) is 21.4 Å². The van der Waals surface area contributed by atoms with Gasteiger partial charge in [0.1, 0.15) is 6.04 Å². The maximum atomic E-state index is 13.5. The molecular formula is C25H28Cl2N4O3. The molecule has 4 rings (SSSR count). The number of nitrogens with one attached hydrogen (secondary N) is 2. The van der Waals surface area contributed by atoms with Gasteiger partial charge in [-0.2, -0.15) is 0 Å². The second-order valence-corrected chi connectivity index (χ2v) is 10.1. The molecule has 1 unspecified atom stereocenters. The average molecular weight is 503 g/mol. The predicted molar refractivity (Wildman–Crippen MR) is 135 cm³/mol. The number of benzene rings is 2. The molecule has 1 heterocycles. The number of nitrogens with two attached hydrogens (primary N) is 1. The van der Waals surface area contributed by atoms with Gasteiger partial charge in [0, 0.05) is 23.2 Å². The number of anilines is 2. The molecule has 1 aliphatic heterocycles. The van der Waals surface area contributed by atoms with Gasteiger partial charge >= 0.3 is 0 Å². The second-order valence-electron chi connectivity index (χ2n) is 9.30. The van der Waals surface area contributed by atoms with Crippen LogP contribution in [-0.4, -0.2) is 35.8 Å². The fraction of sp³-hybridized carbons (Fsp3) is 0.400. The maximum Gasteiger partial charge on any atom is 0.259 e. The van der Waals surface area contributed by atoms with E-state index in [1.165, 1.54) is 11.0 Å². The van der Waals surface area contributed by atoms with Crippen LogP contribution in [0.1, 0.15) is 60.2 Å². The highest BCUT2D eigenvalue weighted by atomic mass is 35.5. The number of carbonyl (C=O) groups excluding carboxylic acids is 3. The number of hydrogen-bond acceptors (Lipinski definition) is 4. The largest absolute Gasteiger partial charge is 0.349 e. The summed E-state index contributed by atoms with van der Waals surface area (Å²) in [5, 5.41) is 6.53. The van der Waals surface area contributed by atoms with Crippen molar-refractivity contribution in [2.24, 2.45) is 11.7 Å². The summed E-state index contributed by atoms with van der Waals surface area (Å²) in [5.74, 6) is -1.05. The first kappa shape index (κ1) is 24.5. The predicted octanol–water partition coefficient (Wildman–Crippen LogP) is 4.62. The topological polar surface area (TPSA) is 105 Å². The van der Waals surface area contributed by atoms with Crippen LogP contribution < -0.4 is 21.3 Å². The number of hydrogen-bond donors (Lipinski definition) is 3. The number of halogens is 2. The molecule has 34 heavy (non-hydrogen) atoms. The molecule has 0 radical (unpaired) electrons. The summed E-state index contributed by atoms with van der Waals surface area (Å²) >= 11 is 12.1. The molecule has 0 aromatic heterocycles. The number of amides is 3. The minimum atomic E-state index is -0.722. The summed E-state index contributed by atoms with van der Waals surface area (Å²) in [6.45, 7) is 3.75. The van der Waals surface area contributed by atoms with Gasteiger partial charge in [-0.25, -0.2) is 0 Å². The normalized spacial score (nSPS) is 22.2. The number of fused-ring (bicyclic) bond motifs is 1. The third kappa shape index (κ3) is 4.92. The highest BCUT2D eigenvalue weighted by Crippen LogP contribution is 2.37. The molecule has 2 aromatic rings. The van der Waals surface area contributed by atoms with Gasteiger partial charge in [-0.05, 0) is 68.0 Å². The van der Waals surface area contributed by atoms with Crippen molar-refractivity contribution in [1.82, 2.24) is 5.32 Å². The molecule has 7 nitrogen and oxygen atoms in total. The van der Waals surface area contributed by atoms with Crippen LogP contribution in [0, 0.1) is 5.92 Å². The van der Waals surface area contributed by atoms with Crippen LogP contribution in [0.2, 0.25) is 10.0 Å². The molecule has 4 N–H and O–H groups in total. The fourth-order valence-corrected chi connectivity index (χ4v) is 4.90. The second kappa shape index (κ2) is 9.94. The number of nitrogens with zero attached hydrogens (tertiary/aromatic N) is 1. The van der Waals surface area contributed by atoms with Crippen molar-refractivity contribution in [3.8, 4) is 0 Å². The Hall–Kier alpha value is -2.61. The first-order chi connectivity index (χ1) is 16.2. The van der Waals surface area contributed by atoms with Crippen molar-refractivity contribution in [2.45, 2.75) is 57.7 Å². The maximum absolute atomic E-state index is 13.5. The van der Waals surface area contributed by atoms with Crippen LogP contribution in [0.3, 0.4) is 0 Å². The highest BCUT2D eigenvalue weighted by Gasteiger charge is 2.39. The quantitative estimate of drug-likeness (QED) is 0.567. The monoisotopic (exact) mass is 502 g/mol. The lowest BCUT2D eigenvalue weighted by molar-refractivity contribution is -0.118. The van der Waals surface area contributed by atoms with Gasteiger partial charge in [0.15, 0.2) is 0 Å². The average Bonchev–Trinajstić information content (AvgIpc) is 2.80. The molecule has 0 saturated heterocycles. The van der Waals surface area contributed by atoms with E-state index in [2.05, 4.69) is 10.6 Å². The van der Waals surface area contributed by atoms with Crippen molar-refractivity contribution in [3.63, 3.8) is 0 Å². The van der Waals surface area contributed by atoms with E-state index in [0.717, 1.165) is 25.7 Å². The Bertz CT molecular complexity index is 1130. The summed E-state index contributed by atoms with van der Waals surface area (Å²) in [7, 11) is 0. The zero-order chi connectivity index (χ0) is 24.6. The Labute approximate surface area is 209 Å². The standard InChI is InChI=1S/C25H28Cl2N4O3/c1-13(2)22-24(33)30-20-12-14(23(32)29-17-7-5-16(28)6-8-17)4-10-21(20)31(22)25(34)15-3-9-18(26)19(27)11-15/h3-4,9-13,16-17,22H,5-8,28H2,1-2H3,(H,29,32)(H,30,33). The molecule has 9 heteroatoms. The summed E-state index contributed by atoms with van der Waals surface area (Å²) in [4.78, 5) is 40.9. The van der Waals surface area contributed by atoms with Crippen LogP contribution in [0.5, 0.6) is 0 Å². The zero-order valence-corrected chi connectivity index (χ0v) is 20.6. The van der Waals surface area contributed by atoms with Crippen LogP contribution in [0.4, 0.5) is 11.4 Å². The van der Waals surface area contributed by atoms with Crippen molar-refractivity contribution >= 4 is 52.3 Å². The Morgan fingerprint density at radius 2 is 1.71 bits per heavy atom.